The molecule has 0 saturated heterocycles. The number of rotatable bonds is 8. The molecule has 1 aliphatic heterocycles. The van der Waals surface area contributed by atoms with E-state index < -0.39 is 24.0 Å². The molecule has 0 fully saturated rings. The van der Waals surface area contributed by atoms with E-state index in [1.54, 1.807) is 13.0 Å². The van der Waals surface area contributed by atoms with Gasteiger partial charge in [-0.25, -0.2) is 14.4 Å². The minimum Gasteiger partial charge on any atom is -0.497 e. The van der Waals surface area contributed by atoms with Crippen molar-refractivity contribution in [1.29, 1.82) is 0 Å². The van der Waals surface area contributed by atoms with Crippen molar-refractivity contribution in [2.24, 2.45) is 0 Å². The van der Waals surface area contributed by atoms with Crippen molar-refractivity contribution in [2.75, 3.05) is 27.4 Å². The van der Waals surface area contributed by atoms with Gasteiger partial charge in [-0.2, -0.15) is 0 Å². The summed E-state index contributed by atoms with van der Waals surface area (Å²) in [5.41, 5.74) is 0.638. The largest absolute Gasteiger partial charge is 0.497 e. The maximum atomic E-state index is 12.5. The van der Waals surface area contributed by atoms with E-state index in [-0.39, 0.29) is 30.0 Å². The van der Waals surface area contributed by atoms with Crippen LogP contribution in [0, 0.1) is 0 Å². The summed E-state index contributed by atoms with van der Waals surface area (Å²) in [5, 5.41) is 5.18. The Bertz CT molecular complexity index is 766. The van der Waals surface area contributed by atoms with Gasteiger partial charge in [0.25, 0.3) is 0 Å². The molecule has 28 heavy (non-hydrogen) atoms. The fourth-order valence-corrected chi connectivity index (χ4v) is 2.72. The Kier molecular flexibility index (Phi) is 7.25. The summed E-state index contributed by atoms with van der Waals surface area (Å²) in [6.07, 6.45) is 0.478. The number of amides is 2. The molecule has 2 rings (SSSR count). The molecule has 1 aromatic rings. The molecule has 1 heterocycles. The van der Waals surface area contributed by atoms with Crippen molar-refractivity contribution < 1.29 is 33.3 Å². The van der Waals surface area contributed by atoms with E-state index in [1.165, 1.54) is 26.4 Å². The molecule has 0 radical (unpaired) electrons. The Labute approximate surface area is 163 Å². The van der Waals surface area contributed by atoms with Gasteiger partial charge in [0.15, 0.2) is 0 Å². The lowest BCUT2D eigenvalue weighted by atomic mass is 10.0. The Hall–Kier alpha value is -3.23. The van der Waals surface area contributed by atoms with Gasteiger partial charge in [-0.3, -0.25) is 0 Å². The number of hydrogen-bond donors (Lipinski definition) is 2. The zero-order valence-corrected chi connectivity index (χ0v) is 16.3. The molecule has 1 aromatic carbocycles. The zero-order valence-electron chi connectivity index (χ0n) is 16.3. The highest BCUT2D eigenvalue weighted by atomic mass is 16.5. The van der Waals surface area contributed by atoms with Crippen LogP contribution in [0.5, 0.6) is 11.5 Å². The second kappa shape index (κ2) is 9.63. The first-order chi connectivity index (χ1) is 13.4. The highest BCUT2D eigenvalue weighted by Crippen LogP contribution is 2.23. The molecule has 9 heteroatoms. The summed E-state index contributed by atoms with van der Waals surface area (Å²) in [4.78, 5) is 36.6. The van der Waals surface area contributed by atoms with Gasteiger partial charge in [0, 0.05) is 6.07 Å². The Morgan fingerprint density at radius 2 is 1.64 bits per heavy atom. The van der Waals surface area contributed by atoms with Gasteiger partial charge in [0.05, 0.1) is 43.7 Å². The monoisotopic (exact) mass is 392 g/mol. The molecule has 0 aromatic heterocycles. The molecule has 0 spiro atoms. The summed E-state index contributed by atoms with van der Waals surface area (Å²) < 4.78 is 20.7. The number of methoxy groups -OCH3 is 2. The average molecular weight is 392 g/mol. The van der Waals surface area contributed by atoms with E-state index in [1.807, 2.05) is 6.92 Å². The van der Waals surface area contributed by atoms with Crippen LogP contribution in [0.15, 0.2) is 29.5 Å². The fourth-order valence-electron chi connectivity index (χ4n) is 2.72. The highest BCUT2D eigenvalue weighted by molar-refractivity contribution is 5.95. The van der Waals surface area contributed by atoms with Crippen LogP contribution in [0.1, 0.15) is 30.6 Å². The smallest absolute Gasteiger partial charge is 0.338 e. The van der Waals surface area contributed by atoms with Gasteiger partial charge >= 0.3 is 18.0 Å². The van der Waals surface area contributed by atoms with E-state index in [4.69, 9.17) is 18.9 Å². The van der Waals surface area contributed by atoms with E-state index in [0.29, 0.717) is 17.9 Å². The van der Waals surface area contributed by atoms with E-state index in [2.05, 4.69) is 10.6 Å². The maximum Gasteiger partial charge on any atom is 0.338 e. The van der Waals surface area contributed by atoms with E-state index in [9.17, 15) is 14.4 Å². The minimum atomic E-state index is -0.659. The van der Waals surface area contributed by atoms with Gasteiger partial charge in [-0.05, 0) is 25.5 Å². The summed E-state index contributed by atoms with van der Waals surface area (Å²) >= 11 is 0. The molecular formula is C19H24N2O7. The van der Waals surface area contributed by atoms with Gasteiger partial charge in [0.1, 0.15) is 18.1 Å². The number of urea groups is 1. The number of ether oxygens (including phenoxy) is 4. The lowest BCUT2D eigenvalue weighted by Crippen LogP contribution is -2.51. The molecule has 152 valence electrons. The summed E-state index contributed by atoms with van der Waals surface area (Å²) in [7, 11) is 2.94. The van der Waals surface area contributed by atoms with Gasteiger partial charge in [-0.1, -0.05) is 6.92 Å². The Morgan fingerprint density at radius 1 is 1.00 bits per heavy atom. The zero-order chi connectivity index (χ0) is 20.7. The number of esters is 2. The second-order valence-corrected chi connectivity index (χ2v) is 5.85. The number of benzene rings is 1. The van der Waals surface area contributed by atoms with Crippen molar-refractivity contribution in [1.82, 2.24) is 10.6 Å². The van der Waals surface area contributed by atoms with Crippen molar-refractivity contribution in [3.63, 3.8) is 0 Å². The Balaban J connectivity index is 2.24. The minimum absolute atomic E-state index is 0.184. The maximum absolute atomic E-state index is 12.5. The first kappa shape index (κ1) is 21.1. The van der Waals surface area contributed by atoms with Crippen LogP contribution < -0.4 is 20.1 Å². The topological polar surface area (TPSA) is 112 Å². The predicted octanol–water partition coefficient (Wildman–Crippen LogP) is 1.77. The van der Waals surface area contributed by atoms with Gasteiger partial charge in [-0.15, -0.1) is 0 Å². The highest BCUT2D eigenvalue weighted by Gasteiger charge is 2.32. The lowest BCUT2D eigenvalue weighted by molar-refractivity contribution is -0.139. The molecule has 1 atom stereocenters. The predicted molar refractivity (Wildman–Crippen MR) is 99.2 cm³/mol. The number of carbonyl (C=O) groups excluding carboxylic acids is 3. The van der Waals surface area contributed by atoms with Crippen LogP contribution in [0.4, 0.5) is 4.79 Å². The molecular weight excluding hydrogens is 368 g/mol. The standard InChI is InChI=1S/C19H24N2O7/c1-5-14-16(18(23)27-6-2)15(21-19(24)20-14)10-28-17(22)11-7-12(25-3)9-13(8-11)26-4/h7-9,14H,5-6,10H2,1-4H3,(H2,20,21,24). The molecule has 1 aliphatic rings. The third-order valence-electron chi connectivity index (χ3n) is 4.08. The first-order valence-corrected chi connectivity index (χ1v) is 8.81. The van der Waals surface area contributed by atoms with Crippen LogP contribution in [-0.2, 0) is 14.3 Å². The van der Waals surface area contributed by atoms with Crippen molar-refractivity contribution in [2.45, 2.75) is 26.3 Å². The molecule has 0 bridgehead atoms. The third-order valence-corrected chi connectivity index (χ3v) is 4.08. The molecule has 2 amide bonds. The van der Waals surface area contributed by atoms with Crippen molar-refractivity contribution in [3.8, 4) is 11.5 Å². The van der Waals surface area contributed by atoms with Gasteiger partial charge in [0.2, 0.25) is 0 Å². The Morgan fingerprint density at radius 3 is 2.18 bits per heavy atom. The molecule has 0 saturated carbocycles. The quantitative estimate of drug-likeness (QED) is 0.649. The van der Waals surface area contributed by atoms with Crippen LogP contribution in [-0.4, -0.2) is 51.4 Å². The lowest BCUT2D eigenvalue weighted by Gasteiger charge is -2.28. The van der Waals surface area contributed by atoms with Crippen LogP contribution in [0.3, 0.4) is 0 Å². The fraction of sp³-hybridized carbons (Fsp3) is 0.421. The SMILES string of the molecule is CCOC(=O)C1=C(COC(=O)c2cc(OC)cc(OC)c2)NC(=O)NC1CC. The van der Waals surface area contributed by atoms with E-state index in [0.717, 1.165) is 0 Å². The van der Waals surface area contributed by atoms with Crippen molar-refractivity contribution >= 4 is 18.0 Å². The van der Waals surface area contributed by atoms with Gasteiger partial charge < -0.3 is 29.6 Å². The van der Waals surface area contributed by atoms with Crippen LogP contribution >= 0.6 is 0 Å². The molecule has 0 aliphatic carbocycles. The van der Waals surface area contributed by atoms with E-state index >= 15 is 0 Å². The number of nitrogens with one attached hydrogen (secondary N) is 2. The summed E-state index contributed by atoms with van der Waals surface area (Å²) in [5.74, 6) is -0.373. The molecule has 9 nitrogen and oxygen atoms in total. The van der Waals surface area contributed by atoms with Crippen molar-refractivity contribution in [3.05, 3.63) is 35.0 Å². The second-order valence-electron chi connectivity index (χ2n) is 5.85. The van der Waals surface area contributed by atoms with Crippen LogP contribution in [0.2, 0.25) is 0 Å². The normalized spacial score (nSPS) is 16.0. The average Bonchev–Trinajstić information content (AvgIpc) is 2.70. The summed E-state index contributed by atoms with van der Waals surface area (Å²) in [6, 6.07) is 3.62. The summed E-state index contributed by atoms with van der Waals surface area (Å²) in [6.45, 7) is 3.39. The first-order valence-electron chi connectivity index (χ1n) is 8.81. The van der Waals surface area contributed by atoms with Crippen LogP contribution in [0.25, 0.3) is 0 Å². The third kappa shape index (κ3) is 4.93. The number of hydrogen-bond acceptors (Lipinski definition) is 7. The molecule has 1 unspecified atom stereocenters. The number of carbonyl (C=O) groups is 3. The molecule has 2 N–H and O–H groups in total.